The van der Waals surface area contributed by atoms with Crippen LogP contribution in [-0.2, 0) is 17.7 Å². The van der Waals surface area contributed by atoms with Gasteiger partial charge >= 0.3 is 0 Å². The van der Waals surface area contributed by atoms with Crippen LogP contribution in [0.4, 0.5) is 4.39 Å². The van der Waals surface area contributed by atoms with E-state index in [2.05, 4.69) is 11.9 Å². The van der Waals surface area contributed by atoms with E-state index in [0.29, 0.717) is 31.0 Å². The molecule has 116 valence electrons. The van der Waals surface area contributed by atoms with Gasteiger partial charge in [0.1, 0.15) is 11.6 Å². The maximum atomic E-state index is 13.7. The third kappa shape index (κ3) is 4.09. The zero-order valence-corrected chi connectivity index (χ0v) is 13.6. The molecule has 0 bridgehead atoms. The lowest BCUT2D eigenvalue weighted by atomic mass is 10.3. The van der Waals surface area contributed by atoms with E-state index in [0.717, 1.165) is 30.8 Å². The number of aryl methyl sites for hydroxylation is 1. The van der Waals surface area contributed by atoms with Gasteiger partial charge in [-0.1, -0.05) is 24.9 Å². The first-order valence-corrected chi connectivity index (χ1v) is 8.06. The minimum absolute atomic E-state index is 0.0868. The molecule has 0 saturated carbocycles. The third-order valence-corrected chi connectivity index (χ3v) is 3.77. The fourth-order valence-corrected chi connectivity index (χ4v) is 2.53. The van der Waals surface area contributed by atoms with Gasteiger partial charge in [0, 0.05) is 31.5 Å². The molecule has 0 spiro atoms. The summed E-state index contributed by atoms with van der Waals surface area (Å²) in [6, 6.07) is 2.98. The van der Waals surface area contributed by atoms with Crippen molar-refractivity contribution >= 4 is 34.2 Å². The smallest absolute Gasteiger partial charge is 0.144 e. The predicted octanol–water partition coefficient (Wildman–Crippen LogP) is 4.43. The number of ether oxygens (including phenoxy) is 1. The highest BCUT2D eigenvalue weighted by atomic mass is 35.5. The van der Waals surface area contributed by atoms with Crippen molar-refractivity contribution in [3.63, 3.8) is 0 Å². The molecule has 0 amide bonds. The Hall–Kier alpha value is -0.840. The highest BCUT2D eigenvalue weighted by Crippen LogP contribution is 2.24. The van der Waals surface area contributed by atoms with Crippen LogP contribution in [0.5, 0.6) is 0 Å². The van der Waals surface area contributed by atoms with Gasteiger partial charge in [-0.2, -0.15) is 0 Å². The summed E-state index contributed by atoms with van der Waals surface area (Å²) in [5, 5.41) is 0.0868. The topological polar surface area (TPSA) is 27.1 Å². The third-order valence-electron chi connectivity index (χ3n) is 3.29. The monoisotopic (exact) mass is 332 g/mol. The van der Waals surface area contributed by atoms with E-state index >= 15 is 0 Å². The predicted molar refractivity (Wildman–Crippen MR) is 84.9 cm³/mol. The molecular formula is C15H19Cl2FN2O. The molecule has 2 rings (SSSR count). The number of unbranched alkanes of at least 4 members (excludes halogenated alkanes) is 1. The van der Waals surface area contributed by atoms with Gasteiger partial charge in [0.05, 0.1) is 22.7 Å². The molecule has 1 aromatic carbocycles. The Bertz CT molecular complexity index is 601. The summed E-state index contributed by atoms with van der Waals surface area (Å²) in [7, 11) is 0. The summed E-state index contributed by atoms with van der Waals surface area (Å²) in [4.78, 5) is 4.49. The van der Waals surface area contributed by atoms with Crippen molar-refractivity contribution in [2.45, 2.75) is 32.7 Å². The van der Waals surface area contributed by atoms with E-state index in [1.807, 2.05) is 4.57 Å². The zero-order chi connectivity index (χ0) is 15.2. The van der Waals surface area contributed by atoms with Crippen LogP contribution in [0, 0.1) is 5.82 Å². The highest BCUT2D eigenvalue weighted by Gasteiger charge is 2.13. The van der Waals surface area contributed by atoms with Gasteiger partial charge in [0.25, 0.3) is 0 Å². The largest absolute Gasteiger partial charge is 0.380 e. The number of hydrogen-bond acceptors (Lipinski definition) is 2. The van der Waals surface area contributed by atoms with Crippen LogP contribution in [0.15, 0.2) is 12.1 Å². The van der Waals surface area contributed by atoms with E-state index in [1.54, 1.807) is 6.07 Å². The number of imidazole rings is 1. The molecule has 21 heavy (non-hydrogen) atoms. The van der Waals surface area contributed by atoms with Crippen molar-refractivity contribution in [2.75, 3.05) is 19.1 Å². The van der Waals surface area contributed by atoms with Gasteiger partial charge in [0.15, 0.2) is 0 Å². The molecule has 0 aliphatic carbocycles. The second-order valence-electron chi connectivity index (χ2n) is 4.84. The number of rotatable bonds is 8. The number of hydrogen-bond donors (Lipinski definition) is 0. The lowest BCUT2D eigenvalue weighted by Crippen LogP contribution is -2.10. The molecular weight excluding hydrogens is 314 g/mol. The summed E-state index contributed by atoms with van der Waals surface area (Å²) in [6.07, 6.45) is 2.78. The van der Waals surface area contributed by atoms with Crippen LogP contribution in [-0.4, -0.2) is 28.6 Å². The Morgan fingerprint density at radius 1 is 1.33 bits per heavy atom. The molecule has 1 aromatic heterocycles. The fraction of sp³-hybridized carbons (Fsp3) is 0.533. The molecule has 6 heteroatoms. The number of benzene rings is 1. The summed E-state index contributed by atoms with van der Waals surface area (Å²) >= 11 is 11.6. The second-order valence-corrected chi connectivity index (χ2v) is 5.62. The van der Waals surface area contributed by atoms with E-state index in [-0.39, 0.29) is 5.02 Å². The van der Waals surface area contributed by atoms with Crippen LogP contribution >= 0.6 is 23.2 Å². The van der Waals surface area contributed by atoms with Crippen molar-refractivity contribution in [2.24, 2.45) is 0 Å². The molecule has 2 aromatic rings. The van der Waals surface area contributed by atoms with Crippen LogP contribution in [0.1, 0.15) is 25.6 Å². The van der Waals surface area contributed by atoms with Gasteiger partial charge in [-0.15, -0.1) is 11.6 Å². The average Bonchev–Trinajstić information content (AvgIpc) is 2.77. The van der Waals surface area contributed by atoms with Gasteiger partial charge in [-0.05, 0) is 12.5 Å². The van der Waals surface area contributed by atoms with Crippen molar-refractivity contribution in [3.05, 3.63) is 28.8 Å². The number of halogens is 3. The van der Waals surface area contributed by atoms with Crippen molar-refractivity contribution < 1.29 is 9.13 Å². The number of aromatic nitrogens is 2. The first-order valence-electron chi connectivity index (χ1n) is 7.15. The molecule has 3 nitrogen and oxygen atoms in total. The van der Waals surface area contributed by atoms with E-state index in [1.165, 1.54) is 6.07 Å². The zero-order valence-electron chi connectivity index (χ0n) is 12.0. The molecule has 0 aliphatic rings. The normalized spacial score (nSPS) is 11.4. The highest BCUT2D eigenvalue weighted by molar-refractivity contribution is 6.31. The Morgan fingerprint density at radius 3 is 2.86 bits per heavy atom. The average molecular weight is 333 g/mol. The Balaban J connectivity index is 2.21. The van der Waals surface area contributed by atoms with Gasteiger partial charge in [-0.3, -0.25) is 0 Å². The van der Waals surface area contributed by atoms with Crippen molar-refractivity contribution in [3.8, 4) is 0 Å². The quantitative estimate of drug-likeness (QED) is 0.528. The minimum Gasteiger partial charge on any atom is -0.380 e. The fourth-order valence-electron chi connectivity index (χ4n) is 2.20. The van der Waals surface area contributed by atoms with Gasteiger partial charge in [0.2, 0.25) is 0 Å². The maximum Gasteiger partial charge on any atom is 0.144 e. The van der Waals surface area contributed by atoms with Crippen LogP contribution in [0.3, 0.4) is 0 Å². The number of alkyl halides is 1. The van der Waals surface area contributed by atoms with Crippen LogP contribution in [0.2, 0.25) is 5.02 Å². The first-order chi connectivity index (χ1) is 10.2. The van der Waals surface area contributed by atoms with E-state index in [4.69, 9.17) is 27.9 Å². The van der Waals surface area contributed by atoms with Crippen molar-refractivity contribution in [1.82, 2.24) is 9.55 Å². The van der Waals surface area contributed by atoms with E-state index < -0.39 is 5.82 Å². The lowest BCUT2D eigenvalue weighted by Gasteiger charge is -2.09. The molecule has 0 unspecified atom stereocenters. The standard InChI is InChI=1S/C15H19Cl2FN2O/c1-2-3-7-21-8-6-20-14-10-12(18)11(17)9-13(14)19-15(20)4-5-16/h9-10H,2-8H2,1H3. The van der Waals surface area contributed by atoms with Crippen LogP contribution < -0.4 is 0 Å². The Kier molecular flexibility index (Phi) is 6.27. The van der Waals surface area contributed by atoms with Crippen LogP contribution in [0.25, 0.3) is 11.0 Å². The molecule has 0 saturated heterocycles. The SMILES string of the molecule is CCCCOCCn1c(CCCl)nc2cc(Cl)c(F)cc21. The number of nitrogens with zero attached hydrogens (tertiary/aromatic N) is 2. The molecule has 0 fully saturated rings. The first kappa shape index (κ1) is 16.5. The summed E-state index contributed by atoms with van der Waals surface area (Å²) in [6.45, 7) is 4.07. The molecule has 0 N–H and O–H groups in total. The summed E-state index contributed by atoms with van der Waals surface area (Å²) in [5.41, 5.74) is 1.42. The lowest BCUT2D eigenvalue weighted by molar-refractivity contribution is 0.123. The Morgan fingerprint density at radius 2 is 2.14 bits per heavy atom. The van der Waals surface area contributed by atoms with Gasteiger partial charge in [-0.25, -0.2) is 9.37 Å². The maximum absolute atomic E-state index is 13.7. The summed E-state index contributed by atoms with van der Waals surface area (Å²) < 4.78 is 21.2. The van der Waals surface area contributed by atoms with Crippen molar-refractivity contribution in [1.29, 1.82) is 0 Å². The molecule has 1 heterocycles. The van der Waals surface area contributed by atoms with E-state index in [9.17, 15) is 4.39 Å². The second kappa shape index (κ2) is 7.97. The minimum atomic E-state index is -0.436. The molecule has 0 aliphatic heterocycles. The summed E-state index contributed by atoms with van der Waals surface area (Å²) in [5.74, 6) is 0.867. The van der Waals surface area contributed by atoms with Gasteiger partial charge < -0.3 is 9.30 Å². The molecule has 0 atom stereocenters. The Labute approximate surface area is 134 Å². The molecule has 0 radical (unpaired) electrons. The number of fused-ring (bicyclic) bond motifs is 1.